The first-order valence-electron chi connectivity index (χ1n) is 14.5. The largest absolute Gasteiger partial charge is 0.491 e. The number of hydrogen-bond acceptors (Lipinski definition) is 10. The van der Waals surface area contributed by atoms with Crippen LogP contribution in [0.1, 0.15) is 51.3 Å². The normalized spacial score (nSPS) is 11.8. The van der Waals surface area contributed by atoms with E-state index >= 15 is 0 Å². The van der Waals surface area contributed by atoms with Crippen LogP contribution in [0.5, 0.6) is 5.75 Å². The summed E-state index contributed by atoms with van der Waals surface area (Å²) in [5, 5.41) is 15.7. The minimum absolute atomic E-state index is 0.0347. The molecule has 0 fully saturated rings. The molecule has 0 aliphatic rings. The highest BCUT2D eigenvalue weighted by Crippen LogP contribution is 2.28. The molecule has 12 heteroatoms. The van der Waals surface area contributed by atoms with Crippen LogP contribution in [-0.2, 0) is 24.6 Å². The molecule has 0 radical (unpaired) electrons. The van der Waals surface area contributed by atoms with Crippen LogP contribution in [0, 0.1) is 18.3 Å². The summed E-state index contributed by atoms with van der Waals surface area (Å²) in [5.74, 6) is 0.806. The number of alkyl carbamates (subject to hydrolysis) is 1. The maximum atomic E-state index is 12.3. The number of rotatable bonds is 11. The van der Waals surface area contributed by atoms with E-state index in [0.717, 1.165) is 11.1 Å². The quantitative estimate of drug-likeness (QED) is 0.135. The molecule has 0 spiro atoms. The number of carbonyl (C=O) groups is 1. The van der Waals surface area contributed by atoms with Crippen molar-refractivity contribution >= 4 is 27.8 Å². The zero-order valence-electron chi connectivity index (χ0n) is 26.6. The maximum Gasteiger partial charge on any atom is 0.408 e. The highest BCUT2D eigenvalue weighted by atomic mass is 32.2. The lowest BCUT2D eigenvalue weighted by Gasteiger charge is -2.29. The van der Waals surface area contributed by atoms with Crippen molar-refractivity contribution in [3.05, 3.63) is 95.7 Å². The fourth-order valence-corrected chi connectivity index (χ4v) is 5.15. The Hall–Kier alpha value is -4.99. The maximum absolute atomic E-state index is 12.3. The second-order valence-electron chi connectivity index (χ2n) is 12.0. The SMILES string of the molecule is Cc1ccc(S(=O)(=O)OCCOc2ccc(Nc3ncc(C#N)c(-c4ccc(C(C)(C)NC(=O)OC(C)(C)C)cc4)n3)cc2)cc1. The molecular formula is C34H37N5O6S. The molecule has 4 rings (SSSR count). The molecular weight excluding hydrogens is 606 g/mol. The van der Waals surface area contributed by atoms with Gasteiger partial charge in [0.25, 0.3) is 10.1 Å². The number of nitrogens with zero attached hydrogens (tertiary/aromatic N) is 3. The Labute approximate surface area is 269 Å². The first kappa shape index (κ1) is 33.9. The number of hydrogen-bond donors (Lipinski definition) is 2. The van der Waals surface area contributed by atoms with E-state index in [9.17, 15) is 18.5 Å². The Kier molecular flexibility index (Phi) is 10.3. The molecule has 1 amide bonds. The molecule has 0 aliphatic carbocycles. The summed E-state index contributed by atoms with van der Waals surface area (Å²) in [6.07, 6.45) is 0.937. The monoisotopic (exact) mass is 643 g/mol. The van der Waals surface area contributed by atoms with Gasteiger partial charge in [0.15, 0.2) is 0 Å². The van der Waals surface area contributed by atoms with Crippen LogP contribution in [0.2, 0.25) is 0 Å². The van der Waals surface area contributed by atoms with Crippen molar-refractivity contribution in [2.24, 2.45) is 0 Å². The first-order valence-corrected chi connectivity index (χ1v) is 15.9. The number of aromatic nitrogens is 2. The minimum atomic E-state index is -3.86. The molecule has 3 aromatic carbocycles. The van der Waals surface area contributed by atoms with Crippen molar-refractivity contribution in [2.45, 2.75) is 57.6 Å². The highest BCUT2D eigenvalue weighted by Gasteiger charge is 2.26. The van der Waals surface area contributed by atoms with E-state index in [1.807, 2.05) is 45.0 Å². The van der Waals surface area contributed by atoms with Gasteiger partial charge in [-0.2, -0.15) is 13.7 Å². The Balaban J connectivity index is 1.37. The van der Waals surface area contributed by atoms with Gasteiger partial charge in [0.1, 0.15) is 30.6 Å². The third-order valence-corrected chi connectivity index (χ3v) is 7.94. The number of anilines is 2. The molecule has 0 aliphatic heterocycles. The standard InChI is InChI=1S/C34H37N5O6S/c1-23-7-17-29(18-8-23)46(41,42)44-20-19-43-28-15-13-27(14-16-28)37-31-36-22-25(21-35)30(38-31)24-9-11-26(12-10-24)34(5,6)39-32(40)45-33(2,3)4/h7-18,22H,19-20H2,1-6H3,(H,39,40)(H,36,37,38). The lowest BCUT2D eigenvalue weighted by atomic mass is 9.93. The molecule has 0 atom stereocenters. The lowest BCUT2D eigenvalue weighted by molar-refractivity contribution is 0.0470. The average Bonchev–Trinajstić information content (AvgIpc) is 2.99. The Morgan fingerprint density at radius 2 is 1.57 bits per heavy atom. The molecule has 1 heterocycles. The van der Waals surface area contributed by atoms with Gasteiger partial charge in [0.05, 0.1) is 27.9 Å². The highest BCUT2D eigenvalue weighted by molar-refractivity contribution is 7.86. The molecule has 240 valence electrons. The van der Waals surface area contributed by atoms with Gasteiger partial charge in [0, 0.05) is 11.3 Å². The van der Waals surface area contributed by atoms with Crippen LogP contribution in [-0.4, -0.2) is 43.3 Å². The van der Waals surface area contributed by atoms with Crippen molar-refractivity contribution in [1.82, 2.24) is 15.3 Å². The molecule has 46 heavy (non-hydrogen) atoms. The fourth-order valence-electron chi connectivity index (χ4n) is 4.26. The van der Waals surface area contributed by atoms with E-state index in [4.69, 9.17) is 13.7 Å². The van der Waals surface area contributed by atoms with Crippen LogP contribution >= 0.6 is 0 Å². The molecule has 0 bridgehead atoms. The molecule has 0 saturated heterocycles. The number of benzene rings is 3. The summed E-state index contributed by atoms with van der Waals surface area (Å²) in [4.78, 5) is 21.3. The molecule has 0 saturated carbocycles. The first-order chi connectivity index (χ1) is 21.6. The summed E-state index contributed by atoms with van der Waals surface area (Å²) in [7, 11) is -3.86. The van der Waals surface area contributed by atoms with Crippen molar-refractivity contribution < 1.29 is 26.9 Å². The number of amides is 1. The molecule has 4 aromatic rings. The third kappa shape index (κ3) is 9.26. The van der Waals surface area contributed by atoms with Gasteiger partial charge in [-0.15, -0.1) is 0 Å². The Morgan fingerprint density at radius 1 is 0.913 bits per heavy atom. The number of nitrogens with one attached hydrogen (secondary N) is 2. The van der Waals surface area contributed by atoms with Crippen LogP contribution in [0.3, 0.4) is 0 Å². The Bertz CT molecular complexity index is 1810. The van der Waals surface area contributed by atoms with E-state index in [0.29, 0.717) is 28.3 Å². The predicted molar refractivity (Wildman–Crippen MR) is 174 cm³/mol. The number of carbonyl (C=O) groups excluding carboxylic acids is 1. The van der Waals surface area contributed by atoms with Crippen molar-refractivity contribution in [3.63, 3.8) is 0 Å². The van der Waals surface area contributed by atoms with Crippen LogP contribution in [0.4, 0.5) is 16.4 Å². The van der Waals surface area contributed by atoms with E-state index in [1.165, 1.54) is 18.3 Å². The number of aryl methyl sites for hydroxylation is 1. The molecule has 2 N–H and O–H groups in total. The van der Waals surface area contributed by atoms with Crippen molar-refractivity contribution in [1.29, 1.82) is 5.26 Å². The average molecular weight is 644 g/mol. The summed E-state index contributed by atoms with van der Waals surface area (Å²) in [6, 6.07) is 22.9. The van der Waals surface area contributed by atoms with Gasteiger partial charge >= 0.3 is 6.09 Å². The van der Waals surface area contributed by atoms with Crippen LogP contribution in [0.15, 0.2) is 83.9 Å². The molecule has 11 nitrogen and oxygen atoms in total. The van der Waals surface area contributed by atoms with Gasteiger partial charge < -0.3 is 20.1 Å². The van der Waals surface area contributed by atoms with Gasteiger partial charge in [-0.1, -0.05) is 42.0 Å². The van der Waals surface area contributed by atoms with Crippen molar-refractivity contribution in [2.75, 3.05) is 18.5 Å². The third-order valence-electron chi connectivity index (χ3n) is 6.61. The van der Waals surface area contributed by atoms with E-state index in [1.54, 1.807) is 57.2 Å². The summed E-state index contributed by atoms with van der Waals surface area (Å²) >= 11 is 0. The zero-order valence-corrected chi connectivity index (χ0v) is 27.4. The second kappa shape index (κ2) is 14.0. The lowest BCUT2D eigenvalue weighted by Crippen LogP contribution is -2.43. The number of ether oxygens (including phenoxy) is 2. The van der Waals surface area contributed by atoms with Gasteiger partial charge in [-0.25, -0.2) is 14.8 Å². The van der Waals surface area contributed by atoms with Crippen LogP contribution < -0.4 is 15.4 Å². The molecule has 0 unspecified atom stereocenters. The predicted octanol–water partition coefficient (Wildman–Crippen LogP) is 6.61. The zero-order chi connectivity index (χ0) is 33.5. The van der Waals surface area contributed by atoms with E-state index < -0.39 is 27.4 Å². The van der Waals surface area contributed by atoms with Gasteiger partial charge in [-0.05, 0) is 83.5 Å². The topological polar surface area (TPSA) is 153 Å². The minimum Gasteiger partial charge on any atom is -0.491 e. The van der Waals surface area contributed by atoms with E-state index in [-0.39, 0.29) is 24.1 Å². The van der Waals surface area contributed by atoms with E-state index in [2.05, 4.69) is 26.7 Å². The summed E-state index contributed by atoms with van der Waals surface area (Å²) in [6.45, 7) is 10.9. The summed E-state index contributed by atoms with van der Waals surface area (Å²) in [5.41, 5.74) is 2.60. The molecule has 1 aromatic heterocycles. The Morgan fingerprint density at radius 3 is 2.17 bits per heavy atom. The number of nitriles is 1. The smallest absolute Gasteiger partial charge is 0.408 e. The fraction of sp³-hybridized carbons (Fsp3) is 0.294. The second-order valence-corrected chi connectivity index (χ2v) is 13.6. The van der Waals surface area contributed by atoms with Crippen molar-refractivity contribution in [3.8, 4) is 23.1 Å². The van der Waals surface area contributed by atoms with Crippen LogP contribution in [0.25, 0.3) is 11.3 Å². The summed E-state index contributed by atoms with van der Waals surface area (Å²) < 4.78 is 40.7. The van der Waals surface area contributed by atoms with Gasteiger partial charge in [0.2, 0.25) is 5.95 Å². The van der Waals surface area contributed by atoms with Gasteiger partial charge in [-0.3, -0.25) is 4.18 Å².